The van der Waals surface area contributed by atoms with Gasteiger partial charge in [-0.3, -0.25) is 9.59 Å². The van der Waals surface area contributed by atoms with E-state index in [-0.39, 0.29) is 23.8 Å². The minimum atomic E-state index is -0.0749. The van der Waals surface area contributed by atoms with E-state index in [0.29, 0.717) is 0 Å². The van der Waals surface area contributed by atoms with Gasteiger partial charge in [0.25, 0.3) is 5.56 Å². The van der Waals surface area contributed by atoms with Crippen LogP contribution in [0.2, 0.25) is 0 Å². The van der Waals surface area contributed by atoms with E-state index in [1.165, 1.54) is 12.5 Å². The Hall–Kier alpha value is -1.38. The van der Waals surface area contributed by atoms with Gasteiger partial charge in [-0.2, -0.15) is 0 Å². The van der Waals surface area contributed by atoms with E-state index in [9.17, 15) is 9.59 Å². The zero-order valence-corrected chi connectivity index (χ0v) is 10.3. The molecule has 0 aliphatic heterocycles. The van der Waals surface area contributed by atoms with Gasteiger partial charge in [0.05, 0.1) is 6.54 Å². The first-order valence-corrected chi connectivity index (χ1v) is 6.37. The Balaban J connectivity index is 2.10. The van der Waals surface area contributed by atoms with E-state index in [2.05, 4.69) is 0 Å². The molecule has 1 saturated carbocycles. The number of carbonyl (C=O) groups excluding carboxylic acids is 1. The number of pyridine rings is 1. The Bertz CT molecular complexity index is 456. The van der Waals surface area contributed by atoms with Gasteiger partial charge in [-0.05, 0) is 25.8 Å². The Morgan fingerprint density at radius 1 is 1.29 bits per heavy atom. The summed E-state index contributed by atoms with van der Waals surface area (Å²) in [5.41, 5.74) is 0.788. The molecule has 0 N–H and O–H groups in total. The van der Waals surface area contributed by atoms with Gasteiger partial charge in [0.1, 0.15) is 0 Å². The molecule has 0 unspecified atom stereocenters. The Labute approximate surface area is 101 Å². The van der Waals surface area contributed by atoms with Gasteiger partial charge in [0.2, 0.25) is 0 Å². The second kappa shape index (κ2) is 5.30. The monoisotopic (exact) mass is 233 g/mol. The standard InChI is InChI=1S/C14H19NO2/c1-11-6-5-9-14(17)15(11)10-13(16)12-7-3-2-4-8-12/h5-6,9,12H,2-4,7-8,10H2,1H3. The van der Waals surface area contributed by atoms with Gasteiger partial charge in [-0.1, -0.05) is 25.3 Å². The van der Waals surface area contributed by atoms with Crippen LogP contribution >= 0.6 is 0 Å². The number of hydrogen-bond donors (Lipinski definition) is 0. The summed E-state index contributed by atoms with van der Waals surface area (Å²) in [6, 6.07) is 5.12. The fourth-order valence-corrected chi connectivity index (χ4v) is 2.54. The number of nitrogens with zero attached hydrogens (tertiary/aromatic N) is 1. The SMILES string of the molecule is Cc1cccc(=O)n1CC(=O)C1CCCCC1. The summed E-state index contributed by atoms with van der Waals surface area (Å²) < 4.78 is 1.58. The molecule has 3 nitrogen and oxygen atoms in total. The van der Waals surface area contributed by atoms with Gasteiger partial charge in [0.15, 0.2) is 5.78 Å². The second-order valence-electron chi connectivity index (χ2n) is 4.89. The van der Waals surface area contributed by atoms with E-state index >= 15 is 0 Å². The third-order valence-corrected chi connectivity index (χ3v) is 3.64. The zero-order valence-electron chi connectivity index (χ0n) is 10.3. The molecule has 0 spiro atoms. The van der Waals surface area contributed by atoms with Crippen LogP contribution in [-0.2, 0) is 11.3 Å². The van der Waals surface area contributed by atoms with E-state index in [1.807, 2.05) is 13.0 Å². The molecule has 0 amide bonds. The molecule has 1 aromatic rings. The fraction of sp³-hybridized carbons (Fsp3) is 0.571. The Morgan fingerprint density at radius 3 is 2.65 bits per heavy atom. The van der Waals surface area contributed by atoms with Crippen LogP contribution in [-0.4, -0.2) is 10.4 Å². The molecular weight excluding hydrogens is 214 g/mol. The van der Waals surface area contributed by atoms with E-state index in [1.54, 1.807) is 10.6 Å². The normalized spacial score (nSPS) is 17.0. The van der Waals surface area contributed by atoms with Crippen molar-refractivity contribution in [1.82, 2.24) is 4.57 Å². The number of aromatic nitrogens is 1. The molecule has 0 saturated heterocycles. The molecule has 1 aromatic heterocycles. The highest BCUT2D eigenvalue weighted by Crippen LogP contribution is 2.24. The molecular formula is C14H19NO2. The van der Waals surface area contributed by atoms with Crippen molar-refractivity contribution in [3.8, 4) is 0 Å². The molecule has 0 atom stereocenters. The predicted molar refractivity (Wildman–Crippen MR) is 67.0 cm³/mol. The van der Waals surface area contributed by atoms with Crippen LogP contribution in [0.4, 0.5) is 0 Å². The molecule has 0 bridgehead atoms. The van der Waals surface area contributed by atoms with Crippen LogP contribution in [0.3, 0.4) is 0 Å². The average molecular weight is 233 g/mol. The van der Waals surface area contributed by atoms with E-state index in [0.717, 1.165) is 31.4 Å². The quantitative estimate of drug-likeness (QED) is 0.803. The van der Waals surface area contributed by atoms with Crippen LogP contribution in [0.1, 0.15) is 37.8 Å². The summed E-state index contributed by atoms with van der Waals surface area (Å²) in [6.07, 6.45) is 5.55. The molecule has 1 heterocycles. The number of ketones is 1. The van der Waals surface area contributed by atoms with Crippen molar-refractivity contribution in [3.05, 3.63) is 34.2 Å². The van der Waals surface area contributed by atoms with Crippen LogP contribution < -0.4 is 5.56 Å². The van der Waals surface area contributed by atoms with E-state index < -0.39 is 0 Å². The van der Waals surface area contributed by atoms with Crippen molar-refractivity contribution in [2.45, 2.75) is 45.6 Å². The van der Waals surface area contributed by atoms with Crippen LogP contribution in [0.5, 0.6) is 0 Å². The highest BCUT2D eigenvalue weighted by molar-refractivity contribution is 5.80. The van der Waals surface area contributed by atoms with Gasteiger partial charge in [-0.15, -0.1) is 0 Å². The van der Waals surface area contributed by atoms with Crippen molar-refractivity contribution in [3.63, 3.8) is 0 Å². The fourth-order valence-electron chi connectivity index (χ4n) is 2.54. The number of rotatable bonds is 3. The van der Waals surface area contributed by atoms with Gasteiger partial charge in [0, 0.05) is 17.7 Å². The summed E-state index contributed by atoms with van der Waals surface area (Å²) >= 11 is 0. The summed E-state index contributed by atoms with van der Waals surface area (Å²) in [4.78, 5) is 23.8. The summed E-state index contributed by atoms with van der Waals surface area (Å²) in [6.45, 7) is 2.12. The molecule has 92 valence electrons. The first-order valence-electron chi connectivity index (χ1n) is 6.37. The topological polar surface area (TPSA) is 39.1 Å². The van der Waals surface area contributed by atoms with Crippen molar-refractivity contribution >= 4 is 5.78 Å². The highest BCUT2D eigenvalue weighted by Gasteiger charge is 2.21. The summed E-state index contributed by atoms with van der Waals surface area (Å²) in [5.74, 6) is 0.399. The molecule has 0 radical (unpaired) electrons. The van der Waals surface area contributed by atoms with Crippen molar-refractivity contribution in [2.24, 2.45) is 5.92 Å². The molecule has 1 aliphatic carbocycles. The number of aryl methyl sites for hydroxylation is 1. The Morgan fingerprint density at radius 2 is 2.00 bits per heavy atom. The number of Topliss-reactive ketones (excluding diaryl/α,β-unsaturated/α-hetero) is 1. The second-order valence-corrected chi connectivity index (χ2v) is 4.89. The molecule has 2 rings (SSSR count). The lowest BCUT2D eigenvalue weighted by Crippen LogP contribution is -2.29. The minimum Gasteiger partial charge on any atom is -0.306 e. The molecule has 3 heteroatoms. The third-order valence-electron chi connectivity index (χ3n) is 3.64. The molecule has 17 heavy (non-hydrogen) atoms. The first kappa shape index (κ1) is 12.1. The maximum Gasteiger partial charge on any atom is 0.251 e. The molecule has 1 aliphatic rings. The third kappa shape index (κ3) is 2.84. The lowest BCUT2D eigenvalue weighted by atomic mass is 9.86. The zero-order chi connectivity index (χ0) is 12.3. The Kier molecular flexibility index (Phi) is 3.77. The summed E-state index contributed by atoms with van der Waals surface area (Å²) in [7, 11) is 0. The number of hydrogen-bond acceptors (Lipinski definition) is 2. The van der Waals surface area contributed by atoms with Crippen molar-refractivity contribution in [2.75, 3.05) is 0 Å². The van der Waals surface area contributed by atoms with Crippen LogP contribution in [0, 0.1) is 12.8 Å². The summed E-state index contributed by atoms with van der Waals surface area (Å²) in [5, 5.41) is 0. The van der Waals surface area contributed by atoms with Crippen molar-refractivity contribution < 1.29 is 4.79 Å². The van der Waals surface area contributed by atoms with Crippen LogP contribution in [0.25, 0.3) is 0 Å². The minimum absolute atomic E-state index is 0.0749. The van der Waals surface area contributed by atoms with Gasteiger partial charge in [-0.25, -0.2) is 0 Å². The first-order chi connectivity index (χ1) is 8.18. The maximum atomic E-state index is 12.1. The van der Waals surface area contributed by atoms with E-state index in [4.69, 9.17) is 0 Å². The smallest absolute Gasteiger partial charge is 0.251 e. The maximum absolute atomic E-state index is 12.1. The average Bonchev–Trinajstić information content (AvgIpc) is 2.35. The largest absolute Gasteiger partial charge is 0.306 e. The van der Waals surface area contributed by atoms with Gasteiger partial charge < -0.3 is 4.57 Å². The number of carbonyl (C=O) groups is 1. The van der Waals surface area contributed by atoms with Crippen LogP contribution in [0.15, 0.2) is 23.0 Å². The predicted octanol–water partition coefficient (Wildman–Crippen LogP) is 2.31. The van der Waals surface area contributed by atoms with Gasteiger partial charge >= 0.3 is 0 Å². The molecule has 0 aromatic carbocycles. The lowest BCUT2D eigenvalue weighted by Gasteiger charge is -2.21. The molecule has 1 fully saturated rings. The van der Waals surface area contributed by atoms with Crippen molar-refractivity contribution in [1.29, 1.82) is 0 Å². The lowest BCUT2D eigenvalue weighted by molar-refractivity contribution is -0.124. The highest BCUT2D eigenvalue weighted by atomic mass is 16.1.